The summed E-state index contributed by atoms with van der Waals surface area (Å²) in [5.74, 6) is -2.43. The molecule has 0 saturated heterocycles. The monoisotopic (exact) mass is 492 g/mol. The number of benzene rings is 3. The summed E-state index contributed by atoms with van der Waals surface area (Å²) < 4.78 is 75.1. The molecule has 0 aliphatic rings. The predicted octanol–water partition coefficient (Wildman–Crippen LogP) is 5.77. The molecular weight excluding hydrogens is 472 g/mol. The van der Waals surface area contributed by atoms with Gasteiger partial charge in [0.1, 0.15) is 5.82 Å². The first-order valence-electron chi connectivity index (χ1n) is 10.0. The third kappa shape index (κ3) is 4.91. The quantitative estimate of drug-likeness (QED) is 0.322. The van der Waals surface area contributed by atoms with Crippen molar-refractivity contribution in [2.24, 2.45) is 0 Å². The van der Waals surface area contributed by atoms with Crippen molar-refractivity contribution in [1.29, 1.82) is 0 Å². The molecule has 6 nitrogen and oxygen atoms in total. The third-order valence-electron chi connectivity index (χ3n) is 5.25. The van der Waals surface area contributed by atoms with Gasteiger partial charge in [-0.1, -0.05) is 18.2 Å². The van der Waals surface area contributed by atoms with E-state index in [0.717, 1.165) is 44.6 Å². The molecule has 0 heterocycles. The lowest BCUT2D eigenvalue weighted by Crippen LogP contribution is -2.15. The van der Waals surface area contributed by atoms with E-state index in [1.165, 1.54) is 32.4 Å². The van der Waals surface area contributed by atoms with Crippen LogP contribution in [0.2, 0.25) is 0 Å². The highest BCUT2D eigenvalue weighted by Crippen LogP contribution is 2.41. The summed E-state index contributed by atoms with van der Waals surface area (Å²) in [6, 6.07) is 9.05. The molecule has 0 N–H and O–H groups in total. The smallest absolute Gasteiger partial charge is 0.416 e. The maximum absolute atomic E-state index is 16.0. The molecule has 0 fully saturated rings. The van der Waals surface area contributed by atoms with E-state index in [1.807, 2.05) is 0 Å². The zero-order valence-corrected chi connectivity index (χ0v) is 19.1. The Morgan fingerprint density at radius 1 is 0.743 bits per heavy atom. The van der Waals surface area contributed by atoms with Gasteiger partial charge < -0.3 is 18.9 Å². The second-order valence-electron chi connectivity index (χ2n) is 7.16. The molecule has 0 amide bonds. The zero-order chi connectivity index (χ0) is 25.9. The fraction of sp³-hybridized carbons (Fsp3) is 0.200. The van der Waals surface area contributed by atoms with Crippen LogP contribution in [0.4, 0.5) is 17.6 Å². The second kappa shape index (κ2) is 10.0. The van der Waals surface area contributed by atoms with Gasteiger partial charge >= 0.3 is 18.1 Å². The number of esters is 2. The number of methoxy groups -OCH3 is 4. The number of carbonyl (C=O) groups excluding carboxylic acids is 2. The Kier molecular flexibility index (Phi) is 7.33. The van der Waals surface area contributed by atoms with Gasteiger partial charge in [-0.3, -0.25) is 0 Å². The van der Waals surface area contributed by atoms with Crippen molar-refractivity contribution >= 4 is 11.9 Å². The number of hydrogen-bond acceptors (Lipinski definition) is 6. The molecule has 3 aromatic rings. The summed E-state index contributed by atoms with van der Waals surface area (Å²) in [5, 5.41) is 0. The molecule has 0 radical (unpaired) electrons. The first kappa shape index (κ1) is 25.5. The summed E-state index contributed by atoms with van der Waals surface area (Å²) in [5.41, 5.74) is -2.06. The fourth-order valence-corrected chi connectivity index (χ4v) is 3.56. The summed E-state index contributed by atoms with van der Waals surface area (Å²) in [7, 11) is 4.89. The SMILES string of the molecule is COC(=O)c1cc(-c2ccc(C(F)(F)F)cc2)c(F)c(-c2ccc(OC)c(OC)c2)c1C(=O)OC. The molecule has 0 aliphatic heterocycles. The Bertz CT molecular complexity index is 1270. The lowest BCUT2D eigenvalue weighted by atomic mass is 9.89. The summed E-state index contributed by atoms with van der Waals surface area (Å²) >= 11 is 0. The van der Waals surface area contributed by atoms with Crippen LogP contribution >= 0.6 is 0 Å². The van der Waals surface area contributed by atoms with Crippen LogP contribution < -0.4 is 9.47 Å². The van der Waals surface area contributed by atoms with Crippen molar-refractivity contribution in [2.45, 2.75) is 6.18 Å². The van der Waals surface area contributed by atoms with Crippen molar-refractivity contribution in [2.75, 3.05) is 28.4 Å². The molecular formula is C25H20F4O6. The van der Waals surface area contributed by atoms with Crippen LogP contribution in [0, 0.1) is 5.82 Å². The third-order valence-corrected chi connectivity index (χ3v) is 5.25. The van der Waals surface area contributed by atoms with Gasteiger partial charge in [0.05, 0.1) is 45.1 Å². The molecule has 35 heavy (non-hydrogen) atoms. The average Bonchev–Trinajstić information content (AvgIpc) is 2.86. The van der Waals surface area contributed by atoms with Crippen LogP contribution in [0.15, 0.2) is 48.5 Å². The molecule has 10 heteroatoms. The van der Waals surface area contributed by atoms with Gasteiger partial charge in [-0.25, -0.2) is 14.0 Å². The van der Waals surface area contributed by atoms with Gasteiger partial charge in [-0.2, -0.15) is 13.2 Å². The molecule has 0 spiro atoms. The molecule has 0 bridgehead atoms. The van der Waals surface area contributed by atoms with Crippen LogP contribution in [0.1, 0.15) is 26.3 Å². The standard InChI is InChI=1S/C25H20F4O6/c1-32-18-10-7-14(11-19(18)33-2)20-21(24(31)35-4)17(23(30)34-3)12-16(22(20)26)13-5-8-15(9-6-13)25(27,28)29/h5-12H,1-4H3. The first-order chi connectivity index (χ1) is 16.6. The topological polar surface area (TPSA) is 71.1 Å². The molecule has 3 rings (SSSR count). The molecule has 0 aromatic heterocycles. The summed E-state index contributed by atoms with van der Waals surface area (Å²) in [4.78, 5) is 25.3. The molecule has 0 saturated carbocycles. The number of carbonyl (C=O) groups is 2. The normalized spacial score (nSPS) is 11.1. The maximum atomic E-state index is 16.0. The van der Waals surface area contributed by atoms with E-state index < -0.39 is 35.1 Å². The number of hydrogen-bond donors (Lipinski definition) is 0. The Hall–Kier alpha value is -4.08. The van der Waals surface area contributed by atoms with Crippen LogP contribution in [-0.4, -0.2) is 40.4 Å². The van der Waals surface area contributed by atoms with Crippen molar-refractivity contribution in [3.05, 3.63) is 71.0 Å². The summed E-state index contributed by atoms with van der Waals surface area (Å²) in [6.45, 7) is 0. The molecule has 3 aromatic carbocycles. The zero-order valence-electron chi connectivity index (χ0n) is 19.1. The van der Waals surface area contributed by atoms with Crippen molar-refractivity contribution < 1.29 is 46.1 Å². The van der Waals surface area contributed by atoms with E-state index in [1.54, 1.807) is 0 Å². The Balaban J connectivity index is 2.40. The highest BCUT2D eigenvalue weighted by Gasteiger charge is 2.32. The van der Waals surface area contributed by atoms with E-state index >= 15 is 4.39 Å². The highest BCUT2D eigenvalue weighted by molar-refractivity contribution is 6.09. The van der Waals surface area contributed by atoms with Gasteiger partial charge in [-0.15, -0.1) is 0 Å². The second-order valence-corrected chi connectivity index (χ2v) is 7.16. The molecule has 0 unspecified atom stereocenters. The van der Waals surface area contributed by atoms with Crippen molar-refractivity contribution in [1.82, 2.24) is 0 Å². The van der Waals surface area contributed by atoms with Crippen LogP contribution in [0.3, 0.4) is 0 Å². The van der Waals surface area contributed by atoms with Crippen molar-refractivity contribution in [3.8, 4) is 33.8 Å². The number of ether oxygens (including phenoxy) is 4. The highest BCUT2D eigenvalue weighted by atomic mass is 19.4. The number of alkyl halides is 3. The van der Waals surface area contributed by atoms with E-state index in [9.17, 15) is 22.8 Å². The lowest BCUT2D eigenvalue weighted by molar-refractivity contribution is -0.137. The van der Waals surface area contributed by atoms with Gasteiger partial charge in [0.25, 0.3) is 0 Å². The Labute approximate surface area is 198 Å². The van der Waals surface area contributed by atoms with Crippen molar-refractivity contribution in [3.63, 3.8) is 0 Å². The minimum absolute atomic E-state index is 0.0406. The van der Waals surface area contributed by atoms with E-state index in [0.29, 0.717) is 5.75 Å². The van der Waals surface area contributed by atoms with E-state index in [4.69, 9.17) is 18.9 Å². The van der Waals surface area contributed by atoms with Crippen LogP contribution in [0.25, 0.3) is 22.3 Å². The average molecular weight is 492 g/mol. The maximum Gasteiger partial charge on any atom is 0.416 e. The molecule has 0 atom stereocenters. The minimum atomic E-state index is -4.59. The van der Waals surface area contributed by atoms with Crippen LogP contribution in [0.5, 0.6) is 11.5 Å². The number of rotatable bonds is 6. The first-order valence-corrected chi connectivity index (χ1v) is 10.0. The van der Waals surface area contributed by atoms with Gasteiger partial charge in [0, 0.05) is 11.1 Å². The minimum Gasteiger partial charge on any atom is -0.493 e. The largest absolute Gasteiger partial charge is 0.493 e. The van der Waals surface area contributed by atoms with Gasteiger partial charge in [0.2, 0.25) is 0 Å². The van der Waals surface area contributed by atoms with E-state index in [2.05, 4.69) is 0 Å². The lowest BCUT2D eigenvalue weighted by Gasteiger charge is -2.18. The fourth-order valence-electron chi connectivity index (χ4n) is 3.56. The number of halogens is 4. The molecule has 184 valence electrons. The Morgan fingerprint density at radius 2 is 1.31 bits per heavy atom. The van der Waals surface area contributed by atoms with Crippen LogP contribution in [-0.2, 0) is 15.7 Å². The summed E-state index contributed by atoms with van der Waals surface area (Å²) in [6.07, 6.45) is -4.59. The Morgan fingerprint density at radius 3 is 1.83 bits per heavy atom. The van der Waals surface area contributed by atoms with E-state index in [-0.39, 0.29) is 33.6 Å². The predicted molar refractivity (Wildman–Crippen MR) is 118 cm³/mol. The molecule has 0 aliphatic carbocycles. The van der Waals surface area contributed by atoms with Gasteiger partial charge in [-0.05, 0) is 41.5 Å². The van der Waals surface area contributed by atoms with Gasteiger partial charge in [0.15, 0.2) is 11.5 Å².